The van der Waals surface area contributed by atoms with E-state index in [1.54, 1.807) is 33.1 Å². The van der Waals surface area contributed by atoms with E-state index in [-0.39, 0.29) is 5.76 Å². The van der Waals surface area contributed by atoms with E-state index in [1.807, 2.05) is 29.0 Å². The van der Waals surface area contributed by atoms with Crippen molar-refractivity contribution < 1.29 is 31.3 Å². The SMILES string of the molecule is COCn1cc(-c2ccc([C@@H]3N(C(=O)OC)S(=O)(=O)OC3(C)C)o2)c2c(Br)cccc21. The Bertz CT molecular complexity index is 1260. The molecule has 4 rings (SSSR count). The summed E-state index contributed by atoms with van der Waals surface area (Å²) in [5.74, 6) is 0.762. The number of hydrogen-bond donors (Lipinski definition) is 0. The van der Waals surface area contributed by atoms with Crippen molar-refractivity contribution in [3.8, 4) is 11.3 Å². The number of benzene rings is 1. The zero-order valence-corrected chi connectivity index (χ0v) is 19.7. The highest BCUT2D eigenvalue weighted by atomic mass is 79.9. The number of carbonyl (C=O) groups is 1. The molecule has 9 nitrogen and oxygen atoms in total. The Morgan fingerprint density at radius 1 is 1.23 bits per heavy atom. The number of nitrogens with zero attached hydrogens (tertiary/aromatic N) is 2. The lowest BCUT2D eigenvalue weighted by Crippen LogP contribution is -2.37. The number of rotatable bonds is 4. The summed E-state index contributed by atoms with van der Waals surface area (Å²) in [5, 5.41) is 0.917. The second-order valence-corrected chi connectivity index (χ2v) is 9.85. The predicted octanol–water partition coefficient (Wildman–Crippen LogP) is 4.43. The molecule has 11 heteroatoms. The summed E-state index contributed by atoms with van der Waals surface area (Å²) in [7, 11) is -1.62. The first-order chi connectivity index (χ1) is 14.6. The minimum absolute atomic E-state index is 0.256. The van der Waals surface area contributed by atoms with Crippen LogP contribution >= 0.6 is 15.9 Å². The molecule has 1 fully saturated rings. The minimum Gasteiger partial charge on any atom is -0.459 e. The minimum atomic E-state index is -4.33. The Labute approximate surface area is 187 Å². The smallest absolute Gasteiger partial charge is 0.425 e. The van der Waals surface area contributed by atoms with Gasteiger partial charge in [-0.25, -0.2) is 8.98 Å². The van der Waals surface area contributed by atoms with E-state index >= 15 is 0 Å². The Balaban J connectivity index is 1.84. The molecule has 1 aliphatic rings. The van der Waals surface area contributed by atoms with E-state index in [9.17, 15) is 13.2 Å². The van der Waals surface area contributed by atoms with Gasteiger partial charge in [-0.3, -0.25) is 0 Å². The Kier molecular flexibility index (Phi) is 5.41. The number of methoxy groups -OCH3 is 2. The number of aromatic nitrogens is 1. The molecule has 3 heterocycles. The van der Waals surface area contributed by atoms with Gasteiger partial charge in [-0.05, 0) is 38.1 Å². The first-order valence-corrected chi connectivity index (χ1v) is 11.5. The fourth-order valence-electron chi connectivity index (χ4n) is 3.90. The number of hydrogen-bond acceptors (Lipinski definition) is 7. The van der Waals surface area contributed by atoms with Crippen LogP contribution in [0.3, 0.4) is 0 Å². The number of furan rings is 1. The quantitative estimate of drug-likeness (QED) is 0.509. The highest BCUT2D eigenvalue weighted by Gasteiger charge is 2.57. The molecule has 0 N–H and O–H groups in total. The molecule has 3 aromatic rings. The molecule has 0 unspecified atom stereocenters. The van der Waals surface area contributed by atoms with Crippen molar-refractivity contribution >= 4 is 43.2 Å². The van der Waals surface area contributed by atoms with Gasteiger partial charge in [0, 0.05) is 28.7 Å². The first-order valence-electron chi connectivity index (χ1n) is 9.30. The van der Waals surface area contributed by atoms with Crippen molar-refractivity contribution in [1.29, 1.82) is 0 Å². The molecule has 1 aliphatic heterocycles. The highest BCUT2D eigenvalue weighted by molar-refractivity contribution is 9.10. The molecule has 1 atom stereocenters. The molecule has 31 heavy (non-hydrogen) atoms. The van der Waals surface area contributed by atoms with Crippen LogP contribution in [0.4, 0.5) is 4.79 Å². The van der Waals surface area contributed by atoms with Gasteiger partial charge in [0.05, 0.1) is 12.6 Å². The maximum absolute atomic E-state index is 12.5. The second-order valence-electron chi connectivity index (χ2n) is 7.58. The summed E-state index contributed by atoms with van der Waals surface area (Å²) in [6.45, 7) is 3.49. The number of ether oxygens (including phenoxy) is 2. The predicted molar refractivity (Wildman–Crippen MR) is 115 cm³/mol. The van der Waals surface area contributed by atoms with Crippen LogP contribution in [0.15, 0.2) is 45.4 Å². The monoisotopic (exact) mass is 512 g/mol. The third-order valence-corrected chi connectivity index (χ3v) is 7.24. The van der Waals surface area contributed by atoms with Crippen LogP contribution in [0, 0.1) is 0 Å². The van der Waals surface area contributed by atoms with Gasteiger partial charge in [-0.15, -0.1) is 0 Å². The first kappa shape index (κ1) is 21.9. The molecule has 0 bridgehead atoms. The van der Waals surface area contributed by atoms with Crippen LogP contribution in [-0.2, 0) is 30.7 Å². The van der Waals surface area contributed by atoms with E-state index < -0.39 is 28.0 Å². The van der Waals surface area contributed by atoms with Gasteiger partial charge in [-0.2, -0.15) is 12.7 Å². The van der Waals surface area contributed by atoms with Crippen LogP contribution in [0.5, 0.6) is 0 Å². The summed E-state index contributed by atoms with van der Waals surface area (Å²) in [6, 6.07) is 8.15. The van der Waals surface area contributed by atoms with Gasteiger partial charge >= 0.3 is 16.4 Å². The largest absolute Gasteiger partial charge is 0.459 e. The van der Waals surface area contributed by atoms with Crippen LogP contribution in [-0.4, -0.2) is 43.2 Å². The Morgan fingerprint density at radius 3 is 2.65 bits per heavy atom. The molecule has 0 saturated carbocycles. The van der Waals surface area contributed by atoms with Gasteiger partial charge < -0.3 is 18.5 Å². The third kappa shape index (κ3) is 3.55. The van der Waals surface area contributed by atoms with Crippen LogP contribution in [0.1, 0.15) is 25.6 Å². The van der Waals surface area contributed by atoms with Gasteiger partial charge in [-0.1, -0.05) is 22.0 Å². The standard InChI is InChI=1S/C20H21BrN2O7S/c1-20(2)18(23(19(24)28-4)31(25,26)30-20)16-9-8-15(29-16)12-10-22(11-27-3)14-7-5-6-13(21)17(12)14/h5-10,18H,11H2,1-4H3/t18-/m0/s1. The second kappa shape index (κ2) is 7.66. The molecule has 0 aliphatic carbocycles. The fourth-order valence-corrected chi connectivity index (χ4v) is 6.06. The zero-order chi connectivity index (χ0) is 22.6. The molecule has 1 amide bonds. The van der Waals surface area contributed by atoms with Crippen LogP contribution in [0.25, 0.3) is 22.2 Å². The van der Waals surface area contributed by atoms with E-state index in [0.717, 1.165) is 28.0 Å². The normalized spacial score (nSPS) is 19.8. The molecule has 2 aromatic heterocycles. The Morgan fingerprint density at radius 2 is 1.97 bits per heavy atom. The van der Waals surface area contributed by atoms with Crippen molar-refractivity contribution in [2.75, 3.05) is 14.2 Å². The van der Waals surface area contributed by atoms with Crippen LogP contribution in [0.2, 0.25) is 0 Å². The van der Waals surface area contributed by atoms with Crippen molar-refractivity contribution in [2.24, 2.45) is 0 Å². The maximum atomic E-state index is 12.5. The van der Waals surface area contributed by atoms with Gasteiger partial charge in [0.1, 0.15) is 29.9 Å². The van der Waals surface area contributed by atoms with Crippen LogP contribution < -0.4 is 0 Å². The topological polar surface area (TPSA) is 100 Å². The molecular weight excluding hydrogens is 492 g/mol. The van der Waals surface area contributed by atoms with E-state index in [1.165, 1.54) is 0 Å². The summed E-state index contributed by atoms with van der Waals surface area (Å²) in [6.07, 6.45) is 0.847. The lowest BCUT2D eigenvalue weighted by atomic mass is 9.97. The molecular formula is C20H21BrN2O7S. The summed E-state index contributed by atoms with van der Waals surface area (Å²) < 4.78 is 49.6. The number of carbonyl (C=O) groups excluding carboxylic acids is 1. The Hall–Kier alpha value is -2.34. The van der Waals surface area contributed by atoms with Crippen molar-refractivity contribution in [1.82, 2.24) is 8.87 Å². The number of fused-ring (bicyclic) bond motifs is 1. The molecule has 1 aromatic carbocycles. The lowest BCUT2D eigenvalue weighted by molar-refractivity contribution is 0.0797. The van der Waals surface area contributed by atoms with Gasteiger partial charge in [0.2, 0.25) is 0 Å². The van der Waals surface area contributed by atoms with Gasteiger partial charge in [0.15, 0.2) is 0 Å². The molecule has 0 radical (unpaired) electrons. The van der Waals surface area contributed by atoms with E-state index in [4.69, 9.17) is 13.3 Å². The summed E-state index contributed by atoms with van der Waals surface area (Å²) in [4.78, 5) is 12.3. The number of amides is 1. The molecule has 166 valence electrons. The van der Waals surface area contributed by atoms with Crippen molar-refractivity contribution in [3.63, 3.8) is 0 Å². The van der Waals surface area contributed by atoms with E-state index in [2.05, 4.69) is 20.7 Å². The average molecular weight is 513 g/mol. The molecule has 1 saturated heterocycles. The van der Waals surface area contributed by atoms with E-state index in [0.29, 0.717) is 16.8 Å². The average Bonchev–Trinajstić information content (AvgIpc) is 3.34. The van der Waals surface area contributed by atoms with Crippen molar-refractivity contribution in [3.05, 3.63) is 46.8 Å². The summed E-state index contributed by atoms with van der Waals surface area (Å²) in [5.41, 5.74) is 0.467. The maximum Gasteiger partial charge on any atom is 0.425 e. The summed E-state index contributed by atoms with van der Waals surface area (Å²) >= 11 is 3.59. The highest BCUT2D eigenvalue weighted by Crippen LogP contribution is 2.46. The van der Waals surface area contributed by atoms with Gasteiger partial charge in [0.25, 0.3) is 0 Å². The lowest BCUT2D eigenvalue weighted by Gasteiger charge is -2.24. The third-order valence-electron chi connectivity index (χ3n) is 5.09. The fraction of sp³-hybridized carbons (Fsp3) is 0.350. The molecule has 0 spiro atoms. The number of halogens is 1. The van der Waals surface area contributed by atoms with Crippen molar-refractivity contribution in [2.45, 2.75) is 32.2 Å². The zero-order valence-electron chi connectivity index (χ0n) is 17.3.